The molecule has 0 radical (unpaired) electrons. The molecule has 2 N–H and O–H groups in total. The fourth-order valence-corrected chi connectivity index (χ4v) is 4.77. The number of rotatable bonds is 9. The van der Waals surface area contributed by atoms with Gasteiger partial charge in [-0.1, -0.05) is 37.1 Å². The highest BCUT2D eigenvalue weighted by Gasteiger charge is 2.43. The van der Waals surface area contributed by atoms with Gasteiger partial charge >= 0.3 is 0 Å². The van der Waals surface area contributed by atoms with E-state index >= 15 is 0 Å². The van der Waals surface area contributed by atoms with Gasteiger partial charge in [-0.15, -0.1) is 0 Å². The van der Waals surface area contributed by atoms with Gasteiger partial charge in [-0.2, -0.15) is 5.10 Å². The van der Waals surface area contributed by atoms with E-state index in [1.54, 1.807) is 36.5 Å². The summed E-state index contributed by atoms with van der Waals surface area (Å²) >= 11 is 6.25. The van der Waals surface area contributed by atoms with Gasteiger partial charge in [0.1, 0.15) is 17.1 Å². The number of aromatic amines is 1. The van der Waals surface area contributed by atoms with E-state index in [2.05, 4.69) is 22.1 Å². The van der Waals surface area contributed by atoms with Crippen molar-refractivity contribution in [2.45, 2.75) is 32.4 Å². The minimum absolute atomic E-state index is 0.0212. The molecule has 37 heavy (non-hydrogen) atoms. The zero-order valence-electron chi connectivity index (χ0n) is 20.6. The lowest BCUT2D eigenvalue weighted by molar-refractivity contribution is 0.0729. The fourth-order valence-electron chi connectivity index (χ4n) is 4.60. The van der Waals surface area contributed by atoms with Crippen molar-refractivity contribution in [2.24, 2.45) is 0 Å². The molecule has 9 heteroatoms. The molecule has 0 saturated heterocycles. The van der Waals surface area contributed by atoms with Gasteiger partial charge in [-0.05, 0) is 53.9 Å². The molecular weight excluding hydrogens is 492 g/mol. The Morgan fingerprint density at radius 2 is 2.03 bits per heavy atom. The first kappa shape index (κ1) is 24.6. The molecule has 0 aliphatic carbocycles. The molecule has 0 spiro atoms. The van der Waals surface area contributed by atoms with E-state index in [9.17, 15) is 9.90 Å². The van der Waals surface area contributed by atoms with Crippen LogP contribution in [0.2, 0.25) is 5.02 Å². The summed E-state index contributed by atoms with van der Waals surface area (Å²) in [7, 11) is 1.59. The molecule has 0 saturated carbocycles. The molecule has 1 amide bonds. The summed E-state index contributed by atoms with van der Waals surface area (Å²) in [6.45, 7) is 3.03. The molecule has 8 nitrogen and oxygen atoms in total. The first-order chi connectivity index (χ1) is 18.0. The number of phenols is 1. The van der Waals surface area contributed by atoms with Crippen molar-refractivity contribution in [2.75, 3.05) is 13.7 Å². The Kier molecular flexibility index (Phi) is 7.01. The van der Waals surface area contributed by atoms with Gasteiger partial charge in [0.15, 0.2) is 11.5 Å². The molecule has 0 fully saturated rings. The molecule has 0 bridgehead atoms. The lowest BCUT2D eigenvalue weighted by Crippen LogP contribution is -2.29. The molecule has 1 unspecified atom stereocenters. The number of carbonyl (C=O) groups excluding carboxylic acids is 1. The Hall–Kier alpha value is -4.04. The number of fused-ring (bicyclic) bond motifs is 1. The second-order valence-electron chi connectivity index (χ2n) is 8.83. The number of benzene rings is 2. The van der Waals surface area contributed by atoms with Gasteiger partial charge in [-0.3, -0.25) is 14.9 Å². The lowest BCUT2D eigenvalue weighted by Gasteiger charge is -2.27. The van der Waals surface area contributed by atoms with E-state index in [1.165, 1.54) is 6.07 Å². The zero-order valence-corrected chi connectivity index (χ0v) is 21.3. The number of phenolic OH excluding ortho intramolecular Hbond substituents is 1. The van der Waals surface area contributed by atoms with Crippen molar-refractivity contribution >= 4 is 17.5 Å². The van der Waals surface area contributed by atoms with Gasteiger partial charge in [0.25, 0.3) is 5.91 Å². The quantitative estimate of drug-likeness (QED) is 0.273. The average Bonchev–Trinajstić information content (AvgIpc) is 3.45. The van der Waals surface area contributed by atoms with Gasteiger partial charge < -0.3 is 19.5 Å². The number of carbonyl (C=O) groups is 1. The number of hydrogen-bond acceptors (Lipinski definition) is 6. The van der Waals surface area contributed by atoms with Gasteiger partial charge in [0.2, 0.25) is 0 Å². The Bertz CT molecular complexity index is 1420. The third kappa shape index (κ3) is 4.72. The van der Waals surface area contributed by atoms with Gasteiger partial charge in [0, 0.05) is 35.1 Å². The molecule has 2 aromatic heterocycles. The molecule has 2 aromatic carbocycles. The van der Waals surface area contributed by atoms with Crippen LogP contribution in [0.3, 0.4) is 0 Å². The van der Waals surface area contributed by atoms with E-state index in [4.69, 9.17) is 21.1 Å². The normalized spacial score (nSPS) is 14.6. The van der Waals surface area contributed by atoms with Crippen LogP contribution in [0.4, 0.5) is 0 Å². The lowest BCUT2D eigenvalue weighted by atomic mass is 9.95. The highest BCUT2D eigenvalue weighted by Crippen LogP contribution is 2.46. The topological polar surface area (TPSA) is 101 Å². The van der Waals surface area contributed by atoms with E-state index in [0.717, 1.165) is 24.0 Å². The molecule has 1 aliphatic heterocycles. The SMILES string of the molecule is CCCCOc1ccc(C2c3c(-c4cc(Cl)ccc4O)n[nH]c3C(=O)N2Cc2cccnc2)cc1OC. The molecule has 5 rings (SSSR count). The second kappa shape index (κ2) is 10.5. The van der Waals surface area contributed by atoms with Crippen LogP contribution in [-0.2, 0) is 6.54 Å². The van der Waals surface area contributed by atoms with Crippen LogP contribution in [0, 0.1) is 0 Å². The maximum atomic E-state index is 13.7. The Labute approximate surface area is 219 Å². The first-order valence-corrected chi connectivity index (χ1v) is 12.5. The zero-order chi connectivity index (χ0) is 25.9. The van der Waals surface area contributed by atoms with Crippen molar-refractivity contribution in [1.29, 1.82) is 0 Å². The number of aromatic hydroxyl groups is 1. The minimum Gasteiger partial charge on any atom is -0.507 e. The van der Waals surface area contributed by atoms with Crippen LogP contribution in [0.5, 0.6) is 17.2 Å². The van der Waals surface area contributed by atoms with E-state index < -0.39 is 6.04 Å². The number of methoxy groups -OCH3 is 1. The Morgan fingerprint density at radius 3 is 2.78 bits per heavy atom. The summed E-state index contributed by atoms with van der Waals surface area (Å²) in [5.74, 6) is 1.04. The smallest absolute Gasteiger partial charge is 0.273 e. The summed E-state index contributed by atoms with van der Waals surface area (Å²) in [6, 6.07) is 13.7. The molecule has 4 aromatic rings. The van der Waals surface area contributed by atoms with Crippen molar-refractivity contribution in [1.82, 2.24) is 20.1 Å². The van der Waals surface area contributed by atoms with Crippen molar-refractivity contribution < 1.29 is 19.4 Å². The van der Waals surface area contributed by atoms with Crippen molar-refractivity contribution in [3.63, 3.8) is 0 Å². The largest absolute Gasteiger partial charge is 0.507 e. The number of aromatic nitrogens is 3. The summed E-state index contributed by atoms with van der Waals surface area (Å²) in [5.41, 5.74) is 3.64. The number of amides is 1. The maximum Gasteiger partial charge on any atom is 0.273 e. The number of pyridine rings is 1. The van der Waals surface area contributed by atoms with Crippen LogP contribution < -0.4 is 9.47 Å². The molecule has 3 heterocycles. The Balaban J connectivity index is 1.63. The third-order valence-electron chi connectivity index (χ3n) is 6.41. The number of ether oxygens (including phenoxy) is 2. The number of unbranched alkanes of at least 4 members (excludes halogenated alkanes) is 1. The molecule has 1 aliphatic rings. The van der Waals surface area contributed by atoms with E-state index in [-0.39, 0.29) is 11.7 Å². The fraction of sp³-hybridized carbons (Fsp3) is 0.250. The predicted molar refractivity (Wildman–Crippen MR) is 140 cm³/mol. The monoisotopic (exact) mass is 518 g/mol. The average molecular weight is 519 g/mol. The van der Waals surface area contributed by atoms with Crippen molar-refractivity contribution in [3.05, 3.63) is 88.3 Å². The summed E-state index contributed by atoms with van der Waals surface area (Å²) in [4.78, 5) is 19.6. The second-order valence-corrected chi connectivity index (χ2v) is 9.27. The van der Waals surface area contributed by atoms with Crippen LogP contribution in [0.1, 0.15) is 53.0 Å². The third-order valence-corrected chi connectivity index (χ3v) is 6.65. The number of hydrogen-bond donors (Lipinski definition) is 2. The standard InChI is InChI=1S/C28H27ClN4O4/c1-3-4-12-37-22-10-7-18(13-23(22)36-2)27-24-25(20-14-19(29)8-9-21(20)34)31-32-26(24)28(35)33(27)16-17-6-5-11-30-15-17/h5-11,13-15,27,34H,3-4,12,16H2,1-2H3,(H,31,32). The molecule has 1 atom stereocenters. The van der Waals surface area contributed by atoms with Gasteiger partial charge in [0.05, 0.1) is 19.8 Å². The predicted octanol–water partition coefficient (Wildman–Crippen LogP) is 5.76. The van der Waals surface area contributed by atoms with Crippen LogP contribution in [0.25, 0.3) is 11.3 Å². The number of nitrogens with one attached hydrogen (secondary N) is 1. The van der Waals surface area contributed by atoms with E-state index in [0.29, 0.717) is 52.2 Å². The minimum atomic E-state index is -0.506. The van der Waals surface area contributed by atoms with Crippen molar-refractivity contribution in [3.8, 4) is 28.5 Å². The highest BCUT2D eigenvalue weighted by atomic mass is 35.5. The van der Waals surface area contributed by atoms with Crippen LogP contribution in [0.15, 0.2) is 60.9 Å². The molecule has 190 valence electrons. The highest BCUT2D eigenvalue weighted by molar-refractivity contribution is 6.31. The summed E-state index contributed by atoms with van der Waals surface area (Å²) in [6.07, 6.45) is 5.40. The van der Waals surface area contributed by atoms with E-state index in [1.807, 2.05) is 30.3 Å². The molecular formula is C28H27ClN4O4. The number of halogens is 1. The number of nitrogens with zero attached hydrogens (tertiary/aromatic N) is 3. The Morgan fingerprint density at radius 1 is 1.16 bits per heavy atom. The summed E-state index contributed by atoms with van der Waals surface area (Å²) in [5, 5.41) is 18.4. The number of H-pyrrole nitrogens is 1. The summed E-state index contributed by atoms with van der Waals surface area (Å²) < 4.78 is 11.6. The van der Waals surface area contributed by atoms with Crippen LogP contribution in [-0.4, -0.2) is 44.8 Å². The van der Waals surface area contributed by atoms with Gasteiger partial charge in [-0.25, -0.2) is 0 Å². The van der Waals surface area contributed by atoms with Crippen LogP contribution >= 0.6 is 11.6 Å². The first-order valence-electron chi connectivity index (χ1n) is 12.1. The maximum absolute atomic E-state index is 13.7.